The van der Waals surface area contributed by atoms with Crippen LogP contribution in [-0.4, -0.2) is 39.9 Å². The third-order valence-corrected chi connectivity index (χ3v) is 5.27. The number of hydrogen-bond acceptors (Lipinski definition) is 5. The van der Waals surface area contributed by atoms with E-state index in [9.17, 15) is 18.0 Å². The second kappa shape index (κ2) is 9.34. The SMILES string of the molecule is COc1ccccc1C(=O)NCC(=O)Nc1ccc(S(=O)(=O)NC(C)C)cc1. The Morgan fingerprint density at radius 2 is 1.68 bits per heavy atom. The van der Waals surface area contributed by atoms with E-state index in [0.29, 0.717) is 17.0 Å². The monoisotopic (exact) mass is 405 g/mol. The Kier molecular flexibility index (Phi) is 7.13. The average molecular weight is 405 g/mol. The minimum absolute atomic E-state index is 0.101. The minimum atomic E-state index is -3.60. The molecule has 0 aliphatic heterocycles. The van der Waals surface area contributed by atoms with Gasteiger partial charge in [-0.1, -0.05) is 12.1 Å². The number of para-hydroxylation sites is 1. The van der Waals surface area contributed by atoms with E-state index in [0.717, 1.165) is 0 Å². The average Bonchev–Trinajstić information content (AvgIpc) is 2.65. The zero-order chi connectivity index (χ0) is 20.7. The fourth-order valence-corrected chi connectivity index (χ4v) is 3.64. The third kappa shape index (κ3) is 5.80. The van der Waals surface area contributed by atoms with E-state index in [-0.39, 0.29) is 17.5 Å². The Labute approximate surface area is 164 Å². The Morgan fingerprint density at radius 1 is 1.04 bits per heavy atom. The summed E-state index contributed by atoms with van der Waals surface area (Å²) < 4.78 is 31.8. The molecular weight excluding hydrogens is 382 g/mol. The maximum absolute atomic E-state index is 12.2. The Bertz CT molecular complexity index is 940. The number of anilines is 1. The molecule has 0 spiro atoms. The third-order valence-electron chi connectivity index (χ3n) is 3.60. The van der Waals surface area contributed by atoms with Gasteiger partial charge in [-0.2, -0.15) is 0 Å². The predicted molar refractivity (Wildman–Crippen MR) is 106 cm³/mol. The zero-order valence-corrected chi connectivity index (χ0v) is 16.7. The maximum Gasteiger partial charge on any atom is 0.255 e. The highest BCUT2D eigenvalue weighted by Gasteiger charge is 2.16. The zero-order valence-electron chi connectivity index (χ0n) is 15.9. The summed E-state index contributed by atoms with van der Waals surface area (Å²) in [6.07, 6.45) is 0. The summed E-state index contributed by atoms with van der Waals surface area (Å²) in [5.41, 5.74) is 0.741. The van der Waals surface area contributed by atoms with Gasteiger partial charge in [0.25, 0.3) is 5.91 Å². The first-order valence-electron chi connectivity index (χ1n) is 8.56. The number of sulfonamides is 1. The number of benzene rings is 2. The van der Waals surface area contributed by atoms with Crippen molar-refractivity contribution in [1.29, 1.82) is 0 Å². The molecule has 0 aliphatic carbocycles. The summed E-state index contributed by atoms with van der Waals surface area (Å²) in [6.45, 7) is 3.21. The largest absolute Gasteiger partial charge is 0.496 e. The normalized spacial score (nSPS) is 11.1. The second-order valence-corrected chi connectivity index (χ2v) is 7.95. The first-order chi connectivity index (χ1) is 13.2. The number of ether oxygens (including phenoxy) is 1. The smallest absolute Gasteiger partial charge is 0.255 e. The van der Waals surface area contributed by atoms with Crippen molar-refractivity contribution in [1.82, 2.24) is 10.0 Å². The van der Waals surface area contributed by atoms with Gasteiger partial charge < -0.3 is 15.4 Å². The van der Waals surface area contributed by atoms with Crippen molar-refractivity contribution in [2.45, 2.75) is 24.8 Å². The molecule has 9 heteroatoms. The number of amides is 2. The maximum atomic E-state index is 12.2. The molecule has 0 saturated heterocycles. The van der Waals surface area contributed by atoms with Crippen LogP contribution in [0, 0.1) is 0 Å². The summed E-state index contributed by atoms with van der Waals surface area (Å²) in [6, 6.07) is 12.2. The molecule has 2 aromatic carbocycles. The van der Waals surface area contributed by atoms with Crippen LogP contribution in [0.4, 0.5) is 5.69 Å². The molecule has 0 heterocycles. The van der Waals surface area contributed by atoms with Crippen LogP contribution in [0.1, 0.15) is 24.2 Å². The molecule has 0 saturated carbocycles. The van der Waals surface area contributed by atoms with Crippen LogP contribution < -0.4 is 20.1 Å². The number of nitrogens with one attached hydrogen (secondary N) is 3. The standard InChI is InChI=1S/C19H23N3O5S/c1-13(2)22-28(25,26)15-10-8-14(9-11-15)21-18(23)12-20-19(24)16-6-4-5-7-17(16)27-3/h4-11,13,22H,12H2,1-3H3,(H,20,24)(H,21,23). The van der Waals surface area contributed by atoms with Crippen LogP contribution in [0.2, 0.25) is 0 Å². The first kappa shape index (κ1) is 21.4. The molecule has 0 aliphatic rings. The molecule has 0 unspecified atom stereocenters. The molecule has 0 aromatic heterocycles. The summed E-state index contributed by atoms with van der Waals surface area (Å²) >= 11 is 0. The highest BCUT2D eigenvalue weighted by atomic mass is 32.2. The van der Waals surface area contributed by atoms with Gasteiger partial charge in [0.05, 0.1) is 24.1 Å². The van der Waals surface area contributed by atoms with Crippen molar-refractivity contribution >= 4 is 27.5 Å². The molecule has 2 amide bonds. The Balaban J connectivity index is 1.94. The highest BCUT2D eigenvalue weighted by Crippen LogP contribution is 2.17. The number of methoxy groups -OCH3 is 1. The Morgan fingerprint density at radius 3 is 2.29 bits per heavy atom. The van der Waals surface area contributed by atoms with Gasteiger partial charge in [0.2, 0.25) is 15.9 Å². The molecular formula is C19H23N3O5S. The van der Waals surface area contributed by atoms with Crippen LogP contribution in [0.3, 0.4) is 0 Å². The van der Waals surface area contributed by atoms with Crippen molar-refractivity contribution in [3.8, 4) is 5.75 Å². The van der Waals surface area contributed by atoms with Gasteiger partial charge in [0.1, 0.15) is 5.75 Å². The minimum Gasteiger partial charge on any atom is -0.496 e. The summed E-state index contributed by atoms with van der Waals surface area (Å²) in [5, 5.41) is 5.11. The van der Waals surface area contributed by atoms with E-state index in [1.54, 1.807) is 38.1 Å². The van der Waals surface area contributed by atoms with Crippen LogP contribution >= 0.6 is 0 Å². The molecule has 28 heavy (non-hydrogen) atoms. The lowest BCUT2D eigenvalue weighted by molar-refractivity contribution is -0.115. The van der Waals surface area contributed by atoms with Crippen molar-refractivity contribution < 1.29 is 22.7 Å². The number of rotatable bonds is 8. The first-order valence-corrected chi connectivity index (χ1v) is 10.0. The number of carbonyl (C=O) groups is 2. The van der Waals surface area contributed by atoms with Gasteiger partial charge in [-0.15, -0.1) is 0 Å². The molecule has 0 atom stereocenters. The van der Waals surface area contributed by atoms with E-state index in [4.69, 9.17) is 4.74 Å². The van der Waals surface area contributed by atoms with Crippen molar-refractivity contribution in [2.24, 2.45) is 0 Å². The lowest BCUT2D eigenvalue weighted by Crippen LogP contribution is -2.33. The molecule has 0 fully saturated rings. The lowest BCUT2D eigenvalue weighted by Gasteiger charge is -2.11. The molecule has 150 valence electrons. The second-order valence-electron chi connectivity index (χ2n) is 6.23. The summed E-state index contributed by atoms with van der Waals surface area (Å²) in [5.74, 6) is -0.472. The number of carbonyl (C=O) groups excluding carboxylic acids is 2. The topological polar surface area (TPSA) is 114 Å². The van der Waals surface area contributed by atoms with Gasteiger partial charge >= 0.3 is 0 Å². The van der Waals surface area contributed by atoms with Crippen molar-refractivity contribution in [3.05, 3.63) is 54.1 Å². The van der Waals surface area contributed by atoms with Gasteiger partial charge in [0, 0.05) is 11.7 Å². The molecule has 2 rings (SSSR count). The number of hydrogen-bond donors (Lipinski definition) is 3. The molecule has 3 N–H and O–H groups in total. The Hall–Kier alpha value is -2.91. The highest BCUT2D eigenvalue weighted by molar-refractivity contribution is 7.89. The lowest BCUT2D eigenvalue weighted by atomic mass is 10.2. The fraction of sp³-hybridized carbons (Fsp3) is 0.263. The fourth-order valence-electron chi connectivity index (χ4n) is 2.39. The molecule has 0 radical (unpaired) electrons. The predicted octanol–water partition coefficient (Wildman–Crippen LogP) is 1.75. The van der Waals surface area contributed by atoms with Gasteiger partial charge in [0.15, 0.2) is 0 Å². The molecule has 8 nitrogen and oxygen atoms in total. The molecule has 2 aromatic rings. The summed E-state index contributed by atoms with van der Waals surface area (Å²) in [7, 11) is -2.14. The van der Waals surface area contributed by atoms with Crippen LogP contribution in [0.5, 0.6) is 5.75 Å². The van der Waals surface area contributed by atoms with Gasteiger partial charge in [-0.3, -0.25) is 9.59 Å². The quantitative estimate of drug-likeness (QED) is 0.619. The van der Waals surface area contributed by atoms with E-state index in [2.05, 4.69) is 15.4 Å². The van der Waals surface area contributed by atoms with E-state index in [1.807, 2.05) is 0 Å². The van der Waals surface area contributed by atoms with E-state index >= 15 is 0 Å². The van der Waals surface area contributed by atoms with Gasteiger partial charge in [-0.05, 0) is 50.2 Å². The van der Waals surface area contributed by atoms with E-state index < -0.39 is 21.8 Å². The van der Waals surface area contributed by atoms with E-state index in [1.165, 1.54) is 31.4 Å². The summed E-state index contributed by atoms with van der Waals surface area (Å²) in [4.78, 5) is 24.3. The molecule has 0 bridgehead atoms. The van der Waals surface area contributed by atoms with Gasteiger partial charge in [-0.25, -0.2) is 13.1 Å². The van der Waals surface area contributed by atoms with Crippen LogP contribution in [0.25, 0.3) is 0 Å². The van der Waals surface area contributed by atoms with Crippen LogP contribution in [0.15, 0.2) is 53.4 Å². The van der Waals surface area contributed by atoms with Crippen LogP contribution in [-0.2, 0) is 14.8 Å². The van der Waals surface area contributed by atoms with Crippen molar-refractivity contribution in [3.63, 3.8) is 0 Å². The van der Waals surface area contributed by atoms with Crippen molar-refractivity contribution in [2.75, 3.05) is 19.0 Å².